The average molecular weight is 291 g/mol. The van der Waals surface area contributed by atoms with Crippen LogP contribution in [0, 0.1) is 5.21 Å². The second-order valence-corrected chi connectivity index (χ2v) is 4.43. The fraction of sp³-hybridized carbons (Fsp3) is 0.0769. The Morgan fingerprint density at radius 3 is 2.59 bits per heavy atom. The molecule has 0 atom stereocenters. The van der Waals surface area contributed by atoms with Crippen molar-refractivity contribution in [1.29, 1.82) is 0 Å². The SMILES string of the molecule is [O-][N+](=Cc1ccncc1)Cc1ccccc1Br. The summed E-state index contributed by atoms with van der Waals surface area (Å²) in [6.45, 7) is 0.323. The van der Waals surface area contributed by atoms with Gasteiger partial charge in [-0.25, -0.2) is 4.74 Å². The van der Waals surface area contributed by atoms with Gasteiger partial charge in [-0.3, -0.25) is 4.98 Å². The first-order valence-electron chi connectivity index (χ1n) is 5.18. The van der Waals surface area contributed by atoms with Crippen molar-refractivity contribution in [2.75, 3.05) is 0 Å². The Morgan fingerprint density at radius 1 is 1.18 bits per heavy atom. The molecule has 17 heavy (non-hydrogen) atoms. The minimum absolute atomic E-state index is 0.323. The largest absolute Gasteiger partial charge is 0.624 e. The van der Waals surface area contributed by atoms with Crippen molar-refractivity contribution in [1.82, 2.24) is 4.98 Å². The first kappa shape index (κ1) is 11.8. The highest BCUT2D eigenvalue weighted by Gasteiger charge is 2.03. The fourth-order valence-electron chi connectivity index (χ4n) is 1.46. The molecule has 86 valence electrons. The van der Waals surface area contributed by atoms with Crippen LogP contribution < -0.4 is 0 Å². The Balaban J connectivity index is 2.15. The van der Waals surface area contributed by atoms with E-state index in [1.54, 1.807) is 30.7 Å². The molecule has 0 saturated carbocycles. The molecule has 0 aliphatic carbocycles. The van der Waals surface area contributed by atoms with E-state index in [4.69, 9.17) is 0 Å². The predicted molar refractivity (Wildman–Crippen MR) is 70.9 cm³/mol. The van der Waals surface area contributed by atoms with Gasteiger partial charge in [-0.15, -0.1) is 0 Å². The van der Waals surface area contributed by atoms with Crippen molar-refractivity contribution in [3.63, 3.8) is 0 Å². The molecule has 0 unspecified atom stereocenters. The van der Waals surface area contributed by atoms with Gasteiger partial charge in [0, 0.05) is 28.0 Å². The van der Waals surface area contributed by atoms with Crippen LogP contribution in [0.3, 0.4) is 0 Å². The Kier molecular flexibility index (Phi) is 3.88. The molecule has 1 aromatic carbocycles. The zero-order valence-corrected chi connectivity index (χ0v) is 10.7. The molecule has 0 radical (unpaired) electrons. The van der Waals surface area contributed by atoms with Crippen LogP contribution in [0.2, 0.25) is 0 Å². The van der Waals surface area contributed by atoms with Crippen molar-refractivity contribution < 1.29 is 4.74 Å². The van der Waals surface area contributed by atoms with Crippen LogP contribution in [0.1, 0.15) is 11.1 Å². The molecule has 4 heteroatoms. The molecule has 0 aliphatic heterocycles. The lowest BCUT2D eigenvalue weighted by Crippen LogP contribution is -2.06. The quantitative estimate of drug-likeness (QED) is 0.377. The van der Waals surface area contributed by atoms with Crippen molar-refractivity contribution >= 4 is 22.1 Å². The highest BCUT2D eigenvalue weighted by atomic mass is 79.9. The molecule has 1 aromatic heterocycles. The van der Waals surface area contributed by atoms with E-state index in [1.807, 2.05) is 24.3 Å². The van der Waals surface area contributed by atoms with Crippen molar-refractivity contribution in [3.8, 4) is 0 Å². The number of hydrogen-bond acceptors (Lipinski definition) is 2. The molecular weight excluding hydrogens is 280 g/mol. The summed E-state index contributed by atoms with van der Waals surface area (Å²) in [5.74, 6) is 0. The Bertz CT molecular complexity index is 526. The summed E-state index contributed by atoms with van der Waals surface area (Å²) in [4.78, 5) is 3.90. The van der Waals surface area contributed by atoms with E-state index in [0.29, 0.717) is 6.54 Å². The van der Waals surface area contributed by atoms with Gasteiger partial charge in [0.25, 0.3) is 0 Å². The molecule has 3 nitrogen and oxygen atoms in total. The molecule has 0 fully saturated rings. The minimum atomic E-state index is 0.323. The zero-order chi connectivity index (χ0) is 12.1. The summed E-state index contributed by atoms with van der Waals surface area (Å²) in [6.07, 6.45) is 4.89. The Morgan fingerprint density at radius 2 is 1.88 bits per heavy atom. The Labute approximate surface area is 108 Å². The highest BCUT2D eigenvalue weighted by Crippen LogP contribution is 2.16. The first-order chi connectivity index (χ1) is 8.25. The van der Waals surface area contributed by atoms with E-state index in [1.165, 1.54) is 0 Å². The fourth-order valence-corrected chi connectivity index (χ4v) is 1.87. The van der Waals surface area contributed by atoms with Crippen LogP contribution in [0.4, 0.5) is 0 Å². The van der Waals surface area contributed by atoms with Gasteiger partial charge in [0.2, 0.25) is 0 Å². The van der Waals surface area contributed by atoms with Crippen molar-refractivity contribution in [3.05, 3.63) is 69.6 Å². The van der Waals surface area contributed by atoms with Crippen LogP contribution in [0.5, 0.6) is 0 Å². The number of pyridine rings is 1. The van der Waals surface area contributed by atoms with E-state index >= 15 is 0 Å². The van der Waals surface area contributed by atoms with Gasteiger partial charge in [0.15, 0.2) is 12.8 Å². The lowest BCUT2D eigenvalue weighted by molar-refractivity contribution is -0.469. The van der Waals surface area contributed by atoms with Gasteiger partial charge in [0.05, 0.1) is 0 Å². The summed E-state index contributed by atoms with van der Waals surface area (Å²) in [7, 11) is 0. The third kappa shape index (κ3) is 3.39. The van der Waals surface area contributed by atoms with E-state index in [2.05, 4.69) is 20.9 Å². The monoisotopic (exact) mass is 290 g/mol. The van der Waals surface area contributed by atoms with Gasteiger partial charge in [-0.1, -0.05) is 34.1 Å². The first-order valence-corrected chi connectivity index (χ1v) is 5.97. The predicted octanol–water partition coefficient (Wildman–Crippen LogP) is 2.97. The zero-order valence-electron chi connectivity index (χ0n) is 9.08. The summed E-state index contributed by atoms with van der Waals surface area (Å²) in [6, 6.07) is 11.3. The summed E-state index contributed by atoms with van der Waals surface area (Å²) in [5.41, 5.74) is 1.81. The van der Waals surface area contributed by atoms with E-state index < -0.39 is 0 Å². The number of hydrogen-bond donors (Lipinski definition) is 0. The lowest BCUT2D eigenvalue weighted by atomic mass is 10.2. The summed E-state index contributed by atoms with van der Waals surface area (Å²) >= 11 is 3.42. The number of hydroxylamine groups is 1. The summed E-state index contributed by atoms with van der Waals surface area (Å²) in [5, 5.41) is 11.8. The minimum Gasteiger partial charge on any atom is -0.624 e. The smallest absolute Gasteiger partial charge is 0.182 e. The number of rotatable bonds is 3. The van der Waals surface area contributed by atoms with Gasteiger partial charge in [-0.2, -0.15) is 0 Å². The normalized spacial score (nSPS) is 11.5. The molecule has 1 heterocycles. The van der Waals surface area contributed by atoms with Crippen LogP contribution in [0.15, 0.2) is 53.3 Å². The molecule has 2 aromatic rings. The van der Waals surface area contributed by atoms with E-state index in [-0.39, 0.29) is 0 Å². The molecule has 0 N–H and O–H groups in total. The van der Waals surface area contributed by atoms with Crippen molar-refractivity contribution in [2.24, 2.45) is 0 Å². The maximum atomic E-state index is 11.8. The van der Waals surface area contributed by atoms with Crippen molar-refractivity contribution in [2.45, 2.75) is 6.54 Å². The third-order valence-corrected chi connectivity index (χ3v) is 3.06. The second kappa shape index (κ2) is 5.59. The molecule has 0 saturated heterocycles. The Hall–Kier alpha value is -1.68. The number of nitrogens with zero attached hydrogens (tertiary/aromatic N) is 2. The average Bonchev–Trinajstić information content (AvgIpc) is 2.33. The number of benzene rings is 1. The van der Waals surface area contributed by atoms with E-state index in [9.17, 15) is 5.21 Å². The van der Waals surface area contributed by atoms with E-state index in [0.717, 1.165) is 20.3 Å². The molecule has 0 spiro atoms. The highest BCUT2D eigenvalue weighted by molar-refractivity contribution is 9.10. The summed E-state index contributed by atoms with van der Waals surface area (Å²) < 4.78 is 1.86. The maximum absolute atomic E-state index is 11.8. The second-order valence-electron chi connectivity index (χ2n) is 3.58. The molecule has 0 bridgehead atoms. The van der Waals surface area contributed by atoms with Gasteiger partial charge in [-0.05, 0) is 18.2 Å². The maximum Gasteiger partial charge on any atom is 0.182 e. The topological polar surface area (TPSA) is 39.0 Å². The molecule has 2 rings (SSSR count). The van der Waals surface area contributed by atoms with Crippen LogP contribution in [-0.2, 0) is 6.54 Å². The van der Waals surface area contributed by atoms with Gasteiger partial charge in [0.1, 0.15) is 0 Å². The lowest BCUT2D eigenvalue weighted by Gasteiger charge is -2.05. The van der Waals surface area contributed by atoms with Crippen LogP contribution in [-0.4, -0.2) is 15.9 Å². The van der Waals surface area contributed by atoms with Gasteiger partial charge >= 0.3 is 0 Å². The van der Waals surface area contributed by atoms with Crippen LogP contribution in [0.25, 0.3) is 0 Å². The number of halogens is 1. The van der Waals surface area contributed by atoms with Crippen LogP contribution >= 0.6 is 15.9 Å². The molecule has 0 amide bonds. The van der Waals surface area contributed by atoms with Gasteiger partial charge < -0.3 is 5.21 Å². The molecule has 0 aliphatic rings. The molecular formula is C13H11BrN2O. The third-order valence-electron chi connectivity index (χ3n) is 2.28. The standard InChI is InChI=1S/C13H11BrN2O/c14-13-4-2-1-3-12(13)10-16(17)9-11-5-7-15-8-6-11/h1-9H,10H2. The number of aromatic nitrogens is 1.